The van der Waals surface area contributed by atoms with Crippen LogP contribution in [-0.2, 0) is 16.6 Å². The number of hydrogen-bond donors (Lipinski definition) is 1. The van der Waals surface area contributed by atoms with E-state index in [1.54, 1.807) is 19.2 Å². The molecular formula is C12H20N2O3S. The number of sulfonamides is 1. The van der Waals surface area contributed by atoms with Gasteiger partial charge in [0.05, 0.1) is 11.5 Å². The Morgan fingerprint density at radius 1 is 1.06 bits per heavy atom. The van der Waals surface area contributed by atoms with E-state index in [-0.39, 0.29) is 11.5 Å². The van der Waals surface area contributed by atoms with Gasteiger partial charge in [0.2, 0.25) is 10.0 Å². The molecule has 1 aromatic rings. The molecule has 0 saturated carbocycles. The first-order valence-corrected chi connectivity index (χ1v) is 7.13. The predicted octanol–water partition coefficient (Wildman–Crippen LogP) is 0.361. The van der Waals surface area contributed by atoms with E-state index >= 15 is 0 Å². The van der Waals surface area contributed by atoms with Gasteiger partial charge in [0, 0.05) is 20.1 Å². The molecule has 102 valence electrons. The fourth-order valence-electron chi connectivity index (χ4n) is 1.41. The van der Waals surface area contributed by atoms with Gasteiger partial charge in [-0.25, -0.2) is 8.42 Å². The summed E-state index contributed by atoms with van der Waals surface area (Å²) in [5.41, 5.74) is 0.699. The lowest BCUT2D eigenvalue weighted by Crippen LogP contribution is -2.33. The quantitative estimate of drug-likeness (QED) is 0.812. The minimum Gasteiger partial charge on any atom is -0.392 e. The highest BCUT2D eigenvalue weighted by atomic mass is 32.2. The van der Waals surface area contributed by atoms with Crippen molar-refractivity contribution in [3.8, 4) is 0 Å². The summed E-state index contributed by atoms with van der Waals surface area (Å²) in [6.45, 7) is 1.03. The summed E-state index contributed by atoms with van der Waals surface area (Å²) < 4.78 is 25.7. The molecule has 0 atom stereocenters. The van der Waals surface area contributed by atoms with Gasteiger partial charge in [0.25, 0.3) is 0 Å². The second kappa shape index (κ2) is 6.29. The number of aliphatic hydroxyl groups is 1. The summed E-state index contributed by atoms with van der Waals surface area (Å²) >= 11 is 0. The fourth-order valence-corrected chi connectivity index (χ4v) is 2.57. The van der Waals surface area contributed by atoms with Crippen LogP contribution in [0.25, 0.3) is 0 Å². The van der Waals surface area contributed by atoms with Crippen molar-refractivity contribution in [1.82, 2.24) is 9.21 Å². The van der Waals surface area contributed by atoms with Crippen LogP contribution in [-0.4, -0.2) is 57.0 Å². The van der Waals surface area contributed by atoms with Gasteiger partial charge in [-0.1, -0.05) is 12.1 Å². The second-order valence-electron chi connectivity index (χ2n) is 4.43. The highest BCUT2D eigenvalue weighted by Crippen LogP contribution is 2.15. The molecule has 18 heavy (non-hydrogen) atoms. The molecule has 0 heterocycles. The lowest BCUT2D eigenvalue weighted by molar-refractivity contribution is 0.281. The molecular weight excluding hydrogens is 252 g/mol. The SMILES string of the molecule is CN(C)CCN(C)S(=O)(=O)c1ccc(CO)cc1. The molecule has 0 radical (unpaired) electrons. The maximum absolute atomic E-state index is 12.2. The summed E-state index contributed by atoms with van der Waals surface area (Å²) in [4.78, 5) is 2.18. The second-order valence-corrected chi connectivity index (χ2v) is 6.48. The molecule has 5 nitrogen and oxygen atoms in total. The lowest BCUT2D eigenvalue weighted by Gasteiger charge is -2.19. The van der Waals surface area contributed by atoms with Crippen LogP contribution in [0.15, 0.2) is 29.2 Å². The molecule has 0 aliphatic carbocycles. The normalized spacial score (nSPS) is 12.3. The average molecular weight is 272 g/mol. The van der Waals surface area contributed by atoms with Gasteiger partial charge < -0.3 is 10.0 Å². The van der Waals surface area contributed by atoms with E-state index in [1.165, 1.54) is 16.4 Å². The molecule has 0 amide bonds. The molecule has 0 saturated heterocycles. The first-order valence-electron chi connectivity index (χ1n) is 5.69. The van der Waals surface area contributed by atoms with E-state index in [1.807, 2.05) is 19.0 Å². The minimum absolute atomic E-state index is 0.0865. The minimum atomic E-state index is -3.43. The molecule has 0 aliphatic rings. The summed E-state index contributed by atoms with van der Waals surface area (Å²) in [5.74, 6) is 0. The van der Waals surface area contributed by atoms with Gasteiger partial charge in [-0.15, -0.1) is 0 Å². The Bertz CT molecular complexity index is 469. The van der Waals surface area contributed by atoms with Crippen LogP contribution in [0.5, 0.6) is 0 Å². The third-order valence-corrected chi connectivity index (χ3v) is 4.55. The van der Waals surface area contributed by atoms with Crippen LogP contribution < -0.4 is 0 Å². The molecule has 1 N–H and O–H groups in total. The van der Waals surface area contributed by atoms with Gasteiger partial charge in [-0.2, -0.15) is 4.31 Å². The number of benzene rings is 1. The Morgan fingerprint density at radius 3 is 2.06 bits per heavy atom. The standard InChI is InChI=1S/C12H20N2O3S/c1-13(2)8-9-14(3)18(16,17)12-6-4-11(10-15)5-7-12/h4-7,15H,8-10H2,1-3H3. The zero-order valence-electron chi connectivity index (χ0n) is 11.0. The molecule has 6 heteroatoms. The van der Waals surface area contributed by atoms with Crippen molar-refractivity contribution in [3.63, 3.8) is 0 Å². The molecule has 0 bridgehead atoms. The lowest BCUT2D eigenvalue weighted by atomic mass is 10.2. The molecule has 0 fully saturated rings. The maximum Gasteiger partial charge on any atom is 0.242 e. The Morgan fingerprint density at radius 2 is 1.61 bits per heavy atom. The van der Waals surface area contributed by atoms with E-state index in [0.29, 0.717) is 18.7 Å². The van der Waals surface area contributed by atoms with Crippen molar-refractivity contribution in [1.29, 1.82) is 0 Å². The van der Waals surface area contributed by atoms with Crippen molar-refractivity contribution < 1.29 is 13.5 Å². The van der Waals surface area contributed by atoms with Gasteiger partial charge in [0.1, 0.15) is 0 Å². The van der Waals surface area contributed by atoms with Crippen LogP contribution in [0.3, 0.4) is 0 Å². The van der Waals surface area contributed by atoms with E-state index in [0.717, 1.165) is 0 Å². The Labute approximate surface area is 109 Å². The van der Waals surface area contributed by atoms with Crippen LogP contribution in [0.1, 0.15) is 5.56 Å². The van der Waals surface area contributed by atoms with Crippen LogP contribution in [0.2, 0.25) is 0 Å². The van der Waals surface area contributed by atoms with E-state index < -0.39 is 10.0 Å². The zero-order chi connectivity index (χ0) is 13.8. The summed E-state index contributed by atoms with van der Waals surface area (Å²) in [6.07, 6.45) is 0. The first-order chi connectivity index (χ1) is 8.37. The van der Waals surface area contributed by atoms with Gasteiger partial charge in [0.15, 0.2) is 0 Å². The highest BCUT2D eigenvalue weighted by molar-refractivity contribution is 7.89. The monoisotopic (exact) mass is 272 g/mol. The van der Waals surface area contributed by atoms with Crippen molar-refractivity contribution >= 4 is 10.0 Å². The van der Waals surface area contributed by atoms with Crippen LogP contribution >= 0.6 is 0 Å². The Kier molecular flexibility index (Phi) is 5.28. The summed E-state index contributed by atoms with van der Waals surface area (Å²) in [5, 5.41) is 8.92. The van der Waals surface area contributed by atoms with E-state index in [4.69, 9.17) is 5.11 Å². The zero-order valence-corrected chi connectivity index (χ0v) is 11.8. The van der Waals surface area contributed by atoms with Gasteiger partial charge in [-0.3, -0.25) is 0 Å². The third kappa shape index (κ3) is 3.78. The van der Waals surface area contributed by atoms with Gasteiger partial charge in [-0.05, 0) is 31.8 Å². The molecule has 0 unspecified atom stereocenters. The number of rotatable bonds is 6. The number of likely N-dealkylation sites (N-methyl/N-ethyl adjacent to an activating group) is 2. The van der Waals surface area contributed by atoms with Crippen molar-refractivity contribution in [3.05, 3.63) is 29.8 Å². The fraction of sp³-hybridized carbons (Fsp3) is 0.500. The molecule has 1 aromatic carbocycles. The number of hydrogen-bond acceptors (Lipinski definition) is 4. The summed E-state index contributed by atoms with van der Waals surface area (Å²) in [6, 6.07) is 6.28. The van der Waals surface area contributed by atoms with Gasteiger partial charge >= 0.3 is 0 Å². The smallest absolute Gasteiger partial charge is 0.242 e. The van der Waals surface area contributed by atoms with E-state index in [2.05, 4.69) is 0 Å². The van der Waals surface area contributed by atoms with Crippen molar-refractivity contribution in [2.75, 3.05) is 34.2 Å². The summed E-state index contributed by atoms with van der Waals surface area (Å²) in [7, 11) is 1.93. The molecule has 0 spiro atoms. The highest BCUT2D eigenvalue weighted by Gasteiger charge is 2.20. The van der Waals surface area contributed by atoms with Crippen LogP contribution in [0.4, 0.5) is 0 Å². The molecule has 0 aromatic heterocycles. The number of nitrogens with zero attached hydrogens (tertiary/aromatic N) is 2. The van der Waals surface area contributed by atoms with Crippen molar-refractivity contribution in [2.45, 2.75) is 11.5 Å². The van der Waals surface area contributed by atoms with Crippen molar-refractivity contribution in [2.24, 2.45) is 0 Å². The first kappa shape index (κ1) is 15.1. The Balaban J connectivity index is 2.84. The predicted molar refractivity (Wildman–Crippen MR) is 70.7 cm³/mol. The maximum atomic E-state index is 12.2. The largest absolute Gasteiger partial charge is 0.392 e. The topological polar surface area (TPSA) is 60.9 Å². The van der Waals surface area contributed by atoms with E-state index in [9.17, 15) is 8.42 Å². The Hall–Kier alpha value is -0.950. The number of aliphatic hydroxyl groups excluding tert-OH is 1. The van der Waals surface area contributed by atoms with Crippen LogP contribution in [0, 0.1) is 0 Å². The third-order valence-electron chi connectivity index (χ3n) is 2.68. The average Bonchev–Trinajstić information content (AvgIpc) is 2.35. The molecule has 1 rings (SSSR count). The molecule has 0 aliphatic heterocycles.